The molecule has 2 aliphatic heterocycles. The smallest absolute Gasteiger partial charge is 0.411 e. The van der Waals surface area contributed by atoms with Crippen LogP contribution in [0.5, 0.6) is 0 Å². The van der Waals surface area contributed by atoms with E-state index in [1.807, 2.05) is 54.6 Å². The summed E-state index contributed by atoms with van der Waals surface area (Å²) >= 11 is 0. The Bertz CT molecular complexity index is 1080. The standard InChI is InChI=1S/C28H31N3O2/c32-28(30-27-13-7-5-10-24(27)21-8-2-1-3-9-21)33-23-15-18-31(19-16-23)17-14-22-20-29-26-12-6-4-11-25(22)26/h1-13,22-23,29H,14-20H2,(H,30,32). The van der Waals surface area contributed by atoms with E-state index in [1.54, 1.807) is 0 Å². The monoisotopic (exact) mass is 441 g/mol. The summed E-state index contributed by atoms with van der Waals surface area (Å²) in [6.07, 6.45) is 2.52. The number of fused-ring (bicyclic) bond motifs is 1. The van der Waals surface area contributed by atoms with E-state index in [4.69, 9.17) is 4.74 Å². The normalized spacial score (nSPS) is 18.4. The molecule has 0 aliphatic carbocycles. The summed E-state index contributed by atoms with van der Waals surface area (Å²) < 4.78 is 5.77. The van der Waals surface area contributed by atoms with Crippen molar-refractivity contribution in [1.29, 1.82) is 0 Å². The molecule has 5 heteroatoms. The zero-order chi connectivity index (χ0) is 22.5. The minimum Gasteiger partial charge on any atom is -0.446 e. The number of carbonyl (C=O) groups is 1. The van der Waals surface area contributed by atoms with Gasteiger partial charge in [0.1, 0.15) is 6.10 Å². The number of benzene rings is 3. The molecule has 1 unspecified atom stereocenters. The summed E-state index contributed by atoms with van der Waals surface area (Å²) in [5.41, 5.74) is 5.57. The highest BCUT2D eigenvalue weighted by Crippen LogP contribution is 2.33. The molecule has 1 saturated heterocycles. The fourth-order valence-corrected chi connectivity index (χ4v) is 4.96. The Morgan fingerprint density at radius 3 is 2.52 bits per heavy atom. The average molecular weight is 442 g/mol. The highest BCUT2D eigenvalue weighted by Gasteiger charge is 2.25. The number of hydrogen-bond donors (Lipinski definition) is 2. The third-order valence-corrected chi connectivity index (χ3v) is 6.79. The van der Waals surface area contributed by atoms with E-state index in [0.717, 1.165) is 62.3 Å². The van der Waals surface area contributed by atoms with Crippen LogP contribution in [0.4, 0.5) is 16.2 Å². The molecule has 5 rings (SSSR count). The molecule has 0 spiro atoms. The second-order valence-electron chi connectivity index (χ2n) is 8.94. The van der Waals surface area contributed by atoms with Crippen molar-refractivity contribution in [2.75, 3.05) is 36.8 Å². The van der Waals surface area contributed by atoms with Gasteiger partial charge in [-0.05, 0) is 49.1 Å². The van der Waals surface area contributed by atoms with E-state index in [0.29, 0.717) is 5.92 Å². The number of rotatable bonds is 6. The van der Waals surface area contributed by atoms with Gasteiger partial charge in [-0.15, -0.1) is 0 Å². The van der Waals surface area contributed by atoms with Crippen LogP contribution >= 0.6 is 0 Å². The fourth-order valence-electron chi connectivity index (χ4n) is 4.96. The van der Waals surface area contributed by atoms with Crippen molar-refractivity contribution in [3.8, 4) is 11.1 Å². The molecule has 1 atom stereocenters. The van der Waals surface area contributed by atoms with Crippen molar-refractivity contribution in [2.24, 2.45) is 0 Å². The Morgan fingerprint density at radius 2 is 1.67 bits per heavy atom. The summed E-state index contributed by atoms with van der Waals surface area (Å²) in [6, 6.07) is 26.6. The number of anilines is 2. The maximum atomic E-state index is 12.6. The van der Waals surface area contributed by atoms with Crippen LogP contribution in [-0.2, 0) is 4.74 Å². The molecule has 170 valence electrons. The number of piperidine rings is 1. The second kappa shape index (κ2) is 10.1. The summed E-state index contributed by atoms with van der Waals surface area (Å²) in [5.74, 6) is 0.589. The first-order valence-electron chi connectivity index (χ1n) is 11.9. The summed E-state index contributed by atoms with van der Waals surface area (Å²) in [6.45, 7) is 4.06. The van der Waals surface area contributed by atoms with Gasteiger partial charge in [0, 0.05) is 36.8 Å². The van der Waals surface area contributed by atoms with Crippen LogP contribution in [-0.4, -0.2) is 43.3 Å². The van der Waals surface area contributed by atoms with Crippen LogP contribution in [0.15, 0.2) is 78.9 Å². The quantitative estimate of drug-likeness (QED) is 0.495. The zero-order valence-corrected chi connectivity index (χ0v) is 18.9. The number of likely N-dealkylation sites (tertiary alicyclic amines) is 1. The number of hydrogen-bond acceptors (Lipinski definition) is 4. The molecule has 0 radical (unpaired) electrons. The maximum absolute atomic E-state index is 12.6. The van der Waals surface area contributed by atoms with Gasteiger partial charge in [-0.3, -0.25) is 5.32 Å². The summed E-state index contributed by atoms with van der Waals surface area (Å²) in [5, 5.41) is 6.48. The van der Waals surface area contributed by atoms with Gasteiger partial charge in [-0.2, -0.15) is 0 Å². The number of amides is 1. The number of carbonyl (C=O) groups excluding carboxylic acids is 1. The predicted molar refractivity (Wildman–Crippen MR) is 134 cm³/mol. The lowest BCUT2D eigenvalue weighted by Gasteiger charge is -2.32. The van der Waals surface area contributed by atoms with E-state index in [1.165, 1.54) is 11.3 Å². The third kappa shape index (κ3) is 5.20. The van der Waals surface area contributed by atoms with Gasteiger partial charge in [0.05, 0.1) is 5.69 Å². The van der Waals surface area contributed by atoms with Crippen LogP contribution in [0.25, 0.3) is 11.1 Å². The van der Waals surface area contributed by atoms with Crippen LogP contribution in [0, 0.1) is 0 Å². The van der Waals surface area contributed by atoms with E-state index < -0.39 is 0 Å². The Labute approximate surface area is 195 Å². The summed E-state index contributed by atoms with van der Waals surface area (Å²) in [4.78, 5) is 15.1. The first-order valence-corrected chi connectivity index (χ1v) is 11.9. The van der Waals surface area contributed by atoms with Crippen molar-refractivity contribution in [3.63, 3.8) is 0 Å². The highest BCUT2D eigenvalue weighted by molar-refractivity contribution is 5.91. The Morgan fingerprint density at radius 1 is 0.939 bits per heavy atom. The molecule has 2 heterocycles. The minimum absolute atomic E-state index is 0.0287. The van der Waals surface area contributed by atoms with Crippen LogP contribution < -0.4 is 10.6 Å². The van der Waals surface area contributed by atoms with Crippen molar-refractivity contribution in [3.05, 3.63) is 84.4 Å². The first-order chi connectivity index (χ1) is 16.3. The van der Waals surface area contributed by atoms with Crippen molar-refractivity contribution in [2.45, 2.75) is 31.3 Å². The molecule has 2 aliphatic rings. The van der Waals surface area contributed by atoms with Gasteiger partial charge in [-0.25, -0.2) is 4.79 Å². The Hall–Kier alpha value is -3.31. The van der Waals surface area contributed by atoms with E-state index in [2.05, 4.69) is 39.8 Å². The number of nitrogens with zero attached hydrogens (tertiary/aromatic N) is 1. The van der Waals surface area contributed by atoms with Crippen molar-refractivity contribution < 1.29 is 9.53 Å². The second-order valence-corrected chi connectivity index (χ2v) is 8.94. The van der Waals surface area contributed by atoms with Gasteiger partial charge in [0.2, 0.25) is 0 Å². The fraction of sp³-hybridized carbons (Fsp3) is 0.321. The molecule has 0 saturated carbocycles. The molecule has 3 aromatic rings. The van der Waals surface area contributed by atoms with Crippen molar-refractivity contribution >= 4 is 17.5 Å². The van der Waals surface area contributed by atoms with Gasteiger partial charge in [0.15, 0.2) is 0 Å². The molecule has 1 fully saturated rings. The van der Waals surface area contributed by atoms with Crippen molar-refractivity contribution in [1.82, 2.24) is 4.90 Å². The predicted octanol–water partition coefficient (Wildman–Crippen LogP) is 5.97. The maximum Gasteiger partial charge on any atom is 0.411 e. The summed E-state index contributed by atoms with van der Waals surface area (Å²) in [7, 11) is 0. The third-order valence-electron chi connectivity index (χ3n) is 6.79. The topological polar surface area (TPSA) is 53.6 Å². The lowest BCUT2D eigenvalue weighted by molar-refractivity contribution is 0.0582. The molecule has 5 nitrogen and oxygen atoms in total. The van der Waals surface area contributed by atoms with Crippen LogP contribution in [0.2, 0.25) is 0 Å². The minimum atomic E-state index is -0.370. The zero-order valence-electron chi connectivity index (χ0n) is 18.9. The largest absolute Gasteiger partial charge is 0.446 e. The lowest BCUT2D eigenvalue weighted by Crippen LogP contribution is -2.39. The average Bonchev–Trinajstić information content (AvgIpc) is 3.28. The Kier molecular flexibility index (Phi) is 6.58. The highest BCUT2D eigenvalue weighted by atomic mass is 16.6. The van der Waals surface area contributed by atoms with E-state index in [9.17, 15) is 4.79 Å². The molecule has 0 aromatic heterocycles. The molecule has 33 heavy (non-hydrogen) atoms. The molecule has 3 aromatic carbocycles. The van der Waals surface area contributed by atoms with E-state index in [-0.39, 0.29) is 12.2 Å². The Balaban J connectivity index is 1.09. The molecular formula is C28H31N3O2. The SMILES string of the molecule is O=C(Nc1ccccc1-c1ccccc1)OC1CCN(CCC2CNc3ccccc32)CC1. The number of para-hydroxylation sites is 2. The van der Waals surface area contributed by atoms with Crippen LogP contribution in [0.1, 0.15) is 30.7 Å². The van der Waals surface area contributed by atoms with Crippen LogP contribution in [0.3, 0.4) is 0 Å². The van der Waals surface area contributed by atoms with Gasteiger partial charge >= 0.3 is 6.09 Å². The first kappa shape index (κ1) is 21.5. The molecular weight excluding hydrogens is 410 g/mol. The van der Waals surface area contributed by atoms with Gasteiger partial charge in [0.25, 0.3) is 0 Å². The van der Waals surface area contributed by atoms with Gasteiger partial charge in [-0.1, -0.05) is 66.7 Å². The van der Waals surface area contributed by atoms with Gasteiger partial charge < -0.3 is 15.0 Å². The van der Waals surface area contributed by atoms with E-state index >= 15 is 0 Å². The lowest BCUT2D eigenvalue weighted by atomic mass is 9.97. The molecule has 1 amide bonds. The number of nitrogens with one attached hydrogen (secondary N) is 2. The molecule has 2 N–H and O–H groups in total. The molecule has 0 bridgehead atoms. The number of ether oxygens (including phenoxy) is 1.